The molecule has 2 aliphatic carbocycles. The standard InChI is InChI=1S/C21H28N4O2/c26-20(24-18-11-10-17(18)22-14-6-2-1-3-7-14)13-12-19-21(27)25-16-9-5-4-8-15(16)23-19/h4-5,8-9,14,17-18,22H,1-3,6-7,10-13H2,(H,24,26)(H,25,27). The minimum Gasteiger partial charge on any atom is -0.352 e. The van der Waals surface area contributed by atoms with Crippen LogP contribution in [-0.4, -0.2) is 34.0 Å². The third-order valence-electron chi connectivity index (χ3n) is 5.93. The van der Waals surface area contributed by atoms with E-state index in [-0.39, 0.29) is 17.5 Å². The highest BCUT2D eigenvalue weighted by Crippen LogP contribution is 2.24. The van der Waals surface area contributed by atoms with Crippen LogP contribution < -0.4 is 16.2 Å². The fraction of sp³-hybridized carbons (Fsp3) is 0.571. The number of hydrogen-bond acceptors (Lipinski definition) is 4. The first-order chi connectivity index (χ1) is 13.2. The van der Waals surface area contributed by atoms with Crippen LogP contribution in [0.4, 0.5) is 0 Å². The lowest BCUT2D eigenvalue weighted by Gasteiger charge is -2.41. The first-order valence-corrected chi connectivity index (χ1v) is 10.2. The summed E-state index contributed by atoms with van der Waals surface area (Å²) in [4.78, 5) is 31.8. The van der Waals surface area contributed by atoms with Gasteiger partial charge in [0.15, 0.2) is 0 Å². The summed E-state index contributed by atoms with van der Waals surface area (Å²) in [7, 11) is 0. The molecule has 2 aromatic rings. The Morgan fingerprint density at radius 3 is 2.63 bits per heavy atom. The van der Waals surface area contributed by atoms with Crippen LogP contribution in [0.5, 0.6) is 0 Å². The van der Waals surface area contributed by atoms with Gasteiger partial charge in [-0.2, -0.15) is 0 Å². The summed E-state index contributed by atoms with van der Waals surface area (Å²) >= 11 is 0. The monoisotopic (exact) mass is 368 g/mol. The maximum absolute atomic E-state index is 12.4. The van der Waals surface area contributed by atoms with Gasteiger partial charge < -0.3 is 15.6 Å². The summed E-state index contributed by atoms with van der Waals surface area (Å²) in [6.45, 7) is 0. The van der Waals surface area contributed by atoms with Crippen molar-refractivity contribution in [2.24, 2.45) is 0 Å². The fourth-order valence-corrected chi connectivity index (χ4v) is 4.19. The zero-order valence-corrected chi connectivity index (χ0v) is 15.7. The second-order valence-corrected chi connectivity index (χ2v) is 7.89. The van der Waals surface area contributed by atoms with Crippen molar-refractivity contribution in [1.82, 2.24) is 20.6 Å². The molecule has 2 saturated carbocycles. The largest absolute Gasteiger partial charge is 0.352 e. The predicted octanol–water partition coefficient (Wildman–Crippen LogP) is 2.43. The van der Waals surface area contributed by atoms with Gasteiger partial charge in [0, 0.05) is 31.0 Å². The van der Waals surface area contributed by atoms with Crippen LogP contribution in [0.1, 0.15) is 57.1 Å². The average molecular weight is 368 g/mol. The number of para-hydroxylation sites is 2. The Balaban J connectivity index is 1.28. The Bertz CT molecular complexity index is 857. The second-order valence-electron chi connectivity index (χ2n) is 7.89. The molecular weight excluding hydrogens is 340 g/mol. The lowest BCUT2D eigenvalue weighted by Crippen LogP contribution is -2.59. The summed E-state index contributed by atoms with van der Waals surface area (Å²) in [5.41, 5.74) is 1.70. The maximum atomic E-state index is 12.4. The number of amides is 1. The van der Waals surface area contributed by atoms with E-state index in [1.807, 2.05) is 24.3 Å². The Hall–Kier alpha value is -2.21. The number of rotatable bonds is 6. The Morgan fingerprint density at radius 2 is 1.85 bits per heavy atom. The van der Waals surface area contributed by atoms with Crippen LogP contribution in [0.2, 0.25) is 0 Å². The Morgan fingerprint density at radius 1 is 1.07 bits per heavy atom. The molecule has 1 amide bonds. The summed E-state index contributed by atoms with van der Waals surface area (Å²) < 4.78 is 0. The number of aromatic nitrogens is 2. The molecule has 0 radical (unpaired) electrons. The van der Waals surface area contributed by atoms with E-state index in [2.05, 4.69) is 20.6 Å². The van der Waals surface area contributed by atoms with Crippen LogP contribution in [0.15, 0.2) is 29.1 Å². The van der Waals surface area contributed by atoms with Crippen molar-refractivity contribution in [3.8, 4) is 0 Å². The van der Waals surface area contributed by atoms with E-state index in [0.717, 1.165) is 23.9 Å². The first-order valence-electron chi connectivity index (χ1n) is 10.2. The molecule has 2 aliphatic rings. The van der Waals surface area contributed by atoms with Crippen LogP contribution in [-0.2, 0) is 11.2 Å². The Kier molecular flexibility index (Phi) is 5.53. The molecule has 6 heteroatoms. The van der Waals surface area contributed by atoms with Crippen molar-refractivity contribution < 1.29 is 4.79 Å². The van der Waals surface area contributed by atoms with Gasteiger partial charge in [-0.05, 0) is 37.8 Å². The molecule has 2 unspecified atom stereocenters. The van der Waals surface area contributed by atoms with Crippen LogP contribution >= 0.6 is 0 Å². The highest BCUT2D eigenvalue weighted by molar-refractivity contribution is 5.77. The van der Waals surface area contributed by atoms with Gasteiger partial charge in [0.25, 0.3) is 5.56 Å². The SMILES string of the molecule is O=C(CCc1nc2ccccc2[nH]c1=O)NC1CCC1NC1CCCCC1. The smallest absolute Gasteiger partial charge is 0.270 e. The molecule has 1 aromatic heterocycles. The molecule has 2 atom stereocenters. The van der Waals surface area contributed by atoms with Gasteiger partial charge in [-0.25, -0.2) is 4.98 Å². The molecule has 1 heterocycles. The van der Waals surface area contributed by atoms with Crippen LogP contribution in [0, 0.1) is 0 Å². The number of carbonyl (C=O) groups is 1. The zero-order valence-electron chi connectivity index (χ0n) is 15.7. The number of hydrogen-bond donors (Lipinski definition) is 3. The topological polar surface area (TPSA) is 86.9 Å². The number of carbonyl (C=O) groups excluding carboxylic acids is 1. The fourth-order valence-electron chi connectivity index (χ4n) is 4.19. The zero-order chi connectivity index (χ0) is 18.6. The molecule has 6 nitrogen and oxygen atoms in total. The van der Waals surface area contributed by atoms with Crippen molar-refractivity contribution in [2.75, 3.05) is 0 Å². The van der Waals surface area contributed by atoms with Crippen LogP contribution in [0.25, 0.3) is 11.0 Å². The van der Waals surface area contributed by atoms with Gasteiger partial charge in [-0.3, -0.25) is 9.59 Å². The minimum atomic E-state index is -0.206. The lowest BCUT2D eigenvalue weighted by molar-refractivity contribution is -0.122. The van der Waals surface area contributed by atoms with Gasteiger partial charge in [0.1, 0.15) is 5.69 Å². The average Bonchev–Trinajstić information content (AvgIpc) is 2.68. The molecular formula is C21H28N4O2. The third kappa shape index (κ3) is 4.38. The van der Waals surface area contributed by atoms with Gasteiger partial charge in [0.05, 0.1) is 11.0 Å². The quantitative estimate of drug-likeness (QED) is 0.731. The molecule has 0 aliphatic heterocycles. The van der Waals surface area contributed by atoms with Crippen molar-refractivity contribution in [3.05, 3.63) is 40.3 Å². The maximum Gasteiger partial charge on any atom is 0.270 e. The summed E-state index contributed by atoms with van der Waals surface area (Å²) in [6, 6.07) is 8.69. The van der Waals surface area contributed by atoms with Gasteiger partial charge in [-0.15, -0.1) is 0 Å². The predicted molar refractivity (Wildman–Crippen MR) is 106 cm³/mol. The molecule has 1 aromatic carbocycles. The number of nitrogens with zero attached hydrogens (tertiary/aromatic N) is 1. The lowest BCUT2D eigenvalue weighted by atomic mass is 9.84. The van der Waals surface area contributed by atoms with Gasteiger partial charge in [-0.1, -0.05) is 31.4 Å². The van der Waals surface area contributed by atoms with Crippen molar-refractivity contribution >= 4 is 16.9 Å². The highest BCUT2D eigenvalue weighted by Gasteiger charge is 2.33. The molecule has 0 saturated heterocycles. The first kappa shape index (κ1) is 18.2. The molecule has 0 bridgehead atoms. The van der Waals surface area contributed by atoms with Crippen LogP contribution in [0.3, 0.4) is 0 Å². The summed E-state index contributed by atoms with van der Waals surface area (Å²) in [5.74, 6) is 0.00417. The van der Waals surface area contributed by atoms with Crippen molar-refractivity contribution in [2.45, 2.75) is 75.9 Å². The molecule has 144 valence electrons. The number of aryl methyl sites for hydroxylation is 1. The number of aromatic amines is 1. The molecule has 0 spiro atoms. The van der Waals surface area contributed by atoms with Crippen molar-refractivity contribution in [1.29, 1.82) is 0 Å². The normalized spacial score (nSPS) is 23.1. The molecule has 4 rings (SSSR count). The van der Waals surface area contributed by atoms with Crippen molar-refractivity contribution in [3.63, 3.8) is 0 Å². The van der Waals surface area contributed by atoms with E-state index in [1.54, 1.807) is 0 Å². The molecule has 27 heavy (non-hydrogen) atoms. The van der Waals surface area contributed by atoms with E-state index in [1.165, 1.54) is 32.1 Å². The summed E-state index contributed by atoms with van der Waals surface area (Å²) in [6.07, 6.45) is 9.31. The number of nitrogens with one attached hydrogen (secondary N) is 3. The molecule has 2 fully saturated rings. The van der Waals surface area contributed by atoms with Gasteiger partial charge >= 0.3 is 0 Å². The third-order valence-corrected chi connectivity index (χ3v) is 5.93. The number of benzene rings is 1. The minimum absolute atomic E-state index is 0.00417. The van der Waals surface area contributed by atoms with E-state index < -0.39 is 0 Å². The number of H-pyrrole nitrogens is 1. The van der Waals surface area contributed by atoms with E-state index in [4.69, 9.17) is 0 Å². The van der Waals surface area contributed by atoms with E-state index >= 15 is 0 Å². The summed E-state index contributed by atoms with van der Waals surface area (Å²) in [5, 5.41) is 6.87. The molecule has 3 N–H and O–H groups in total. The Labute approximate surface area is 159 Å². The highest BCUT2D eigenvalue weighted by atomic mass is 16.1. The second kappa shape index (κ2) is 8.21. The van der Waals surface area contributed by atoms with E-state index in [9.17, 15) is 9.59 Å². The van der Waals surface area contributed by atoms with E-state index in [0.29, 0.717) is 30.6 Å². The van der Waals surface area contributed by atoms with Gasteiger partial charge in [0.2, 0.25) is 5.91 Å². The number of fused-ring (bicyclic) bond motifs is 1.